The van der Waals surface area contributed by atoms with Crippen molar-refractivity contribution < 1.29 is 4.79 Å². The number of carbonyl (C=O) groups excluding carboxylic acids is 1. The molecule has 0 radical (unpaired) electrons. The Morgan fingerprint density at radius 1 is 0.962 bits per heavy atom. The molecule has 1 saturated carbocycles. The van der Waals surface area contributed by atoms with Crippen molar-refractivity contribution >= 4 is 5.91 Å². The maximum atomic E-state index is 13.2. The Morgan fingerprint density at radius 3 is 2.27 bits per heavy atom. The minimum atomic E-state index is -0.165. The number of hydrogen-bond donors (Lipinski definition) is 0. The highest BCUT2D eigenvalue weighted by molar-refractivity contribution is 5.83. The van der Waals surface area contributed by atoms with E-state index in [2.05, 4.69) is 29.2 Å². The van der Waals surface area contributed by atoms with Crippen LogP contribution in [0.1, 0.15) is 35.2 Å². The van der Waals surface area contributed by atoms with Gasteiger partial charge in [-0.2, -0.15) is 0 Å². The first-order chi connectivity index (χ1) is 12.8. The van der Waals surface area contributed by atoms with Gasteiger partial charge < -0.3 is 4.90 Å². The van der Waals surface area contributed by atoms with Crippen LogP contribution in [0, 0.1) is 5.92 Å². The zero-order chi connectivity index (χ0) is 17.9. The number of benzene rings is 2. The summed E-state index contributed by atoms with van der Waals surface area (Å²) in [6, 6.07) is 26.2. The van der Waals surface area contributed by atoms with Crippen LogP contribution in [0.15, 0.2) is 85.1 Å². The van der Waals surface area contributed by atoms with Crippen molar-refractivity contribution in [2.45, 2.75) is 18.4 Å². The molecule has 3 atom stereocenters. The smallest absolute Gasteiger partial charge is 0.226 e. The van der Waals surface area contributed by atoms with Gasteiger partial charge in [0.25, 0.3) is 0 Å². The molecule has 4 rings (SSSR count). The van der Waals surface area contributed by atoms with E-state index in [4.69, 9.17) is 0 Å². The van der Waals surface area contributed by atoms with E-state index in [0.29, 0.717) is 5.92 Å². The molecule has 1 aromatic heterocycles. The van der Waals surface area contributed by atoms with Crippen molar-refractivity contribution in [2.75, 3.05) is 7.05 Å². The van der Waals surface area contributed by atoms with E-state index < -0.39 is 0 Å². The molecule has 2 aromatic carbocycles. The summed E-state index contributed by atoms with van der Waals surface area (Å²) in [7, 11) is 1.90. The third kappa shape index (κ3) is 3.25. The molecule has 1 fully saturated rings. The Morgan fingerprint density at radius 2 is 1.62 bits per heavy atom. The van der Waals surface area contributed by atoms with Crippen LogP contribution >= 0.6 is 0 Å². The second-order valence-corrected chi connectivity index (χ2v) is 6.88. The van der Waals surface area contributed by atoms with Crippen LogP contribution in [0.2, 0.25) is 0 Å². The lowest BCUT2D eigenvalue weighted by Gasteiger charge is -2.28. The van der Waals surface area contributed by atoms with Crippen LogP contribution in [0.5, 0.6) is 0 Å². The number of hydrogen-bond acceptors (Lipinski definition) is 2. The summed E-state index contributed by atoms with van der Waals surface area (Å²) >= 11 is 0. The molecule has 26 heavy (non-hydrogen) atoms. The molecule has 1 aliphatic carbocycles. The highest BCUT2D eigenvalue weighted by atomic mass is 16.2. The molecule has 130 valence electrons. The monoisotopic (exact) mass is 342 g/mol. The van der Waals surface area contributed by atoms with Crippen LogP contribution < -0.4 is 0 Å². The van der Waals surface area contributed by atoms with Crippen LogP contribution in [0.4, 0.5) is 0 Å². The lowest BCUT2D eigenvalue weighted by atomic mass is 10.0. The van der Waals surface area contributed by atoms with Gasteiger partial charge in [-0.05, 0) is 35.6 Å². The van der Waals surface area contributed by atoms with Gasteiger partial charge in [-0.1, -0.05) is 66.7 Å². The van der Waals surface area contributed by atoms with E-state index in [1.54, 1.807) is 6.20 Å². The molecule has 0 saturated heterocycles. The summed E-state index contributed by atoms with van der Waals surface area (Å²) in [6.45, 7) is 0. The zero-order valence-corrected chi connectivity index (χ0v) is 14.8. The summed E-state index contributed by atoms with van der Waals surface area (Å²) in [5, 5.41) is 0. The first kappa shape index (κ1) is 16.5. The molecule has 0 spiro atoms. The predicted molar refractivity (Wildman–Crippen MR) is 103 cm³/mol. The predicted octanol–water partition coefficient (Wildman–Crippen LogP) is 4.43. The third-order valence-electron chi connectivity index (χ3n) is 5.15. The van der Waals surface area contributed by atoms with Crippen LogP contribution in [-0.2, 0) is 4.79 Å². The van der Waals surface area contributed by atoms with Gasteiger partial charge in [0.15, 0.2) is 0 Å². The van der Waals surface area contributed by atoms with Crippen molar-refractivity contribution in [1.82, 2.24) is 9.88 Å². The highest BCUT2D eigenvalue weighted by Gasteiger charge is 2.46. The maximum absolute atomic E-state index is 13.2. The van der Waals surface area contributed by atoms with Crippen LogP contribution in [-0.4, -0.2) is 22.8 Å². The molecular formula is C23H22N2O. The van der Waals surface area contributed by atoms with Crippen molar-refractivity contribution in [3.05, 3.63) is 102 Å². The minimum Gasteiger partial charge on any atom is -0.333 e. The van der Waals surface area contributed by atoms with Gasteiger partial charge >= 0.3 is 0 Å². The second-order valence-electron chi connectivity index (χ2n) is 6.88. The lowest BCUT2D eigenvalue weighted by Crippen LogP contribution is -2.33. The summed E-state index contributed by atoms with van der Waals surface area (Å²) < 4.78 is 0. The molecule has 0 aliphatic heterocycles. The Labute approximate surface area is 154 Å². The van der Waals surface area contributed by atoms with Gasteiger partial charge in [-0.15, -0.1) is 0 Å². The number of aromatic nitrogens is 1. The average molecular weight is 342 g/mol. The number of carbonyl (C=O) groups is 1. The summed E-state index contributed by atoms with van der Waals surface area (Å²) in [6.07, 6.45) is 2.71. The van der Waals surface area contributed by atoms with Crippen LogP contribution in [0.25, 0.3) is 0 Å². The molecule has 3 nitrogen and oxygen atoms in total. The fraction of sp³-hybridized carbons (Fsp3) is 0.217. The fourth-order valence-electron chi connectivity index (χ4n) is 3.69. The normalized spacial score (nSPS) is 19.6. The summed E-state index contributed by atoms with van der Waals surface area (Å²) in [5.74, 6) is 0.599. The Kier molecular flexibility index (Phi) is 4.53. The standard InChI is InChI=1S/C23H22N2O/c1-25(23(26)20-16-19(20)17-10-4-2-5-11-17)22(18-12-6-3-7-13-18)21-14-8-9-15-24-21/h2-15,19-20,22H,16H2,1H3/t19-,20+,22-/m0/s1. The van der Waals surface area contributed by atoms with E-state index in [0.717, 1.165) is 17.7 Å². The van der Waals surface area contributed by atoms with E-state index in [9.17, 15) is 4.79 Å². The van der Waals surface area contributed by atoms with Crippen molar-refractivity contribution in [3.63, 3.8) is 0 Å². The minimum absolute atomic E-state index is 0.0670. The Bertz CT molecular complexity index is 825. The van der Waals surface area contributed by atoms with Crippen molar-refractivity contribution in [1.29, 1.82) is 0 Å². The van der Waals surface area contributed by atoms with Crippen molar-refractivity contribution in [3.8, 4) is 0 Å². The molecule has 0 unspecified atom stereocenters. The Balaban J connectivity index is 1.59. The van der Waals surface area contributed by atoms with E-state index in [1.165, 1.54) is 5.56 Å². The average Bonchev–Trinajstić information content (AvgIpc) is 3.51. The Hall–Kier alpha value is -2.94. The quantitative estimate of drug-likeness (QED) is 0.687. The lowest BCUT2D eigenvalue weighted by molar-refractivity contribution is -0.133. The van der Waals surface area contributed by atoms with Gasteiger partial charge in [-0.25, -0.2) is 0 Å². The first-order valence-corrected chi connectivity index (χ1v) is 9.03. The summed E-state index contributed by atoms with van der Waals surface area (Å²) in [4.78, 5) is 19.6. The molecule has 1 aliphatic rings. The van der Waals surface area contributed by atoms with E-state index in [-0.39, 0.29) is 17.9 Å². The molecule has 3 heteroatoms. The van der Waals surface area contributed by atoms with Gasteiger partial charge in [0, 0.05) is 19.2 Å². The number of pyridine rings is 1. The molecular weight excluding hydrogens is 320 g/mol. The zero-order valence-electron chi connectivity index (χ0n) is 14.8. The highest BCUT2D eigenvalue weighted by Crippen LogP contribution is 2.49. The first-order valence-electron chi connectivity index (χ1n) is 9.03. The maximum Gasteiger partial charge on any atom is 0.226 e. The molecule has 0 bridgehead atoms. The molecule has 1 heterocycles. The summed E-state index contributed by atoms with van der Waals surface area (Å²) in [5.41, 5.74) is 3.23. The largest absolute Gasteiger partial charge is 0.333 e. The number of rotatable bonds is 5. The molecule has 3 aromatic rings. The third-order valence-corrected chi connectivity index (χ3v) is 5.15. The topological polar surface area (TPSA) is 33.2 Å². The van der Waals surface area contributed by atoms with Crippen LogP contribution in [0.3, 0.4) is 0 Å². The van der Waals surface area contributed by atoms with Gasteiger partial charge in [0.1, 0.15) is 0 Å². The second kappa shape index (κ2) is 7.12. The van der Waals surface area contributed by atoms with Gasteiger partial charge in [-0.3, -0.25) is 9.78 Å². The molecule has 1 amide bonds. The van der Waals surface area contributed by atoms with E-state index in [1.807, 2.05) is 66.5 Å². The van der Waals surface area contributed by atoms with Gasteiger partial charge in [0.2, 0.25) is 5.91 Å². The fourth-order valence-corrected chi connectivity index (χ4v) is 3.69. The van der Waals surface area contributed by atoms with Crippen molar-refractivity contribution in [2.24, 2.45) is 5.92 Å². The SMILES string of the molecule is CN(C(=O)[C@@H]1C[C@H]1c1ccccc1)[C@@H](c1ccccc1)c1ccccn1. The molecule has 0 N–H and O–H groups in total. The van der Waals surface area contributed by atoms with E-state index >= 15 is 0 Å². The number of nitrogens with zero attached hydrogens (tertiary/aromatic N) is 2. The van der Waals surface area contributed by atoms with Gasteiger partial charge in [0.05, 0.1) is 11.7 Å². The number of amides is 1.